The molecule has 0 aliphatic heterocycles. The molecule has 1 aromatic carbocycles. The van der Waals surface area contributed by atoms with E-state index in [-0.39, 0.29) is 0 Å². The number of nitrogens with zero attached hydrogens (tertiary/aromatic N) is 5. The minimum Gasteiger partial charge on any atom is -0.481 e. The first-order valence-corrected chi connectivity index (χ1v) is 8.60. The van der Waals surface area contributed by atoms with E-state index in [2.05, 4.69) is 25.8 Å². The second-order valence-electron chi connectivity index (χ2n) is 6.42. The smallest absolute Gasteiger partial charge is 0.246 e. The average molecular weight is 347 g/mol. The van der Waals surface area contributed by atoms with E-state index >= 15 is 0 Å². The van der Waals surface area contributed by atoms with Gasteiger partial charge >= 0.3 is 0 Å². The van der Waals surface area contributed by atoms with Crippen molar-refractivity contribution in [1.82, 2.24) is 24.7 Å². The van der Waals surface area contributed by atoms with Gasteiger partial charge in [0.25, 0.3) is 0 Å². The lowest BCUT2D eigenvalue weighted by molar-refractivity contribution is 0.371. The van der Waals surface area contributed by atoms with E-state index in [9.17, 15) is 0 Å². The molecule has 0 atom stereocenters. The molecule has 130 valence electrons. The van der Waals surface area contributed by atoms with Crippen molar-refractivity contribution in [2.45, 2.75) is 25.3 Å². The van der Waals surface area contributed by atoms with Gasteiger partial charge in [-0.1, -0.05) is 17.3 Å². The van der Waals surface area contributed by atoms with Crippen LogP contribution in [0.2, 0.25) is 0 Å². The highest BCUT2D eigenvalue weighted by atomic mass is 16.5. The summed E-state index contributed by atoms with van der Waals surface area (Å²) in [4.78, 5) is 13.5. The van der Waals surface area contributed by atoms with Gasteiger partial charge in [-0.05, 0) is 31.0 Å². The van der Waals surface area contributed by atoms with E-state index in [1.807, 2.05) is 24.3 Å². The van der Waals surface area contributed by atoms with Crippen LogP contribution in [0.5, 0.6) is 5.88 Å². The SMILES string of the molecule is COc1ccc(-c2noc(Cn3c(C4CC4)nc4ccccc43)n2)cn1. The Hall–Kier alpha value is -3.22. The molecule has 1 aliphatic rings. The topological polar surface area (TPSA) is 78.9 Å². The average Bonchev–Trinajstić information content (AvgIpc) is 3.32. The fourth-order valence-electron chi connectivity index (χ4n) is 3.12. The summed E-state index contributed by atoms with van der Waals surface area (Å²) in [5.41, 5.74) is 2.90. The molecule has 0 spiro atoms. The fourth-order valence-corrected chi connectivity index (χ4v) is 3.12. The first kappa shape index (κ1) is 15.1. The number of hydrogen-bond donors (Lipinski definition) is 0. The molecule has 5 rings (SSSR count). The maximum Gasteiger partial charge on any atom is 0.246 e. The summed E-state index contributed by atoms with van der Waals surface area (Å²) in [5.74, 6) is 3.28. The van der Waals surface area contributed by atoms with Gasteiger partial charge in [0.15, 0.2) is 0 Å². The van der Waals surface area contributed by atoms with Gasteiger partial charge in [0.2, 0.25) is 17.6 Å². The molecule has 0 radical (unpaired) electrons. The van der Waals surface area contributed by atoms with Crippen molar-refractivity contribution in [3.63, 3.8) is 0 Å². The molecule has 7 heteroatoms. The van der Waals surface area contributed by atoms with Crippen LogP contribution in [0.4, 0.5) is 0 Å². The Kier molecular flexibility index (Phi) is 3.44. The van der Waals surface area contributed by atoms with Crippen LogP contribution in [0.25, 0.3) is 22.4 Å². The zero-order valence-electron chi connectivity index (χ0n) is 14.3. The molecule has 1 saturated carbocycles. The Labute approximate surface area is 149 Å². The van der Waals surface area contributed by atoms with Crippen LogP contribution in [-0.2, 0) is 6.54 Å². The molecular weight excluding hydrogens is 330 g/mol. The molecule has 0 bridgehead atoms. The quantitative estimate of drug-likeness (QED) is 0.550. The molecule has 26 heavy (non-hydrogen) atoms. The van der Waals surface area contributed by atoms with Crippen molar-refractivity contribution in [2.24, 2.45) is 0 Å². The molecule has 0 unspecified atom stereocenters. The number of pyridine rings is 1. The van der Waals surface area contributed by atoms with Crippen molar-refractivity contribution in [2.75, 3.05) is 7.11 Å². The maximum absolute atomic E-state index is 5.48. The molecule has 0 saturated heterocycles. The van der Waals surface area contributed by atoms with E-state index < -0.39 is 0 Å². The first-order valence-electron chi connectivity index (χ1n) is 8.60. The van der Waals surface area contributed by atoms with E-state index in [1.165, 1.54) is 12.8 Å². The molecule has 1 aliphatic carbocycles. The third-order valence-electron chi connectivity index (χ3n) is 4.59. The second-order valence-corrected chi connectivity index (χ2v) is 6.42. The lowest BCUT2D eigenvalue weighted by atomic mass is 10.3. The van der Waals surface area contributed by atoms with Crippen LogP contribution in [0.15, 0.2) is 47.1 Å². The number of imidazole rings is 1. The minimum absolute atomic E-state index is 0.517. The van der Waals surface area contributed by atoms with Gasteiger partial charge in [0.05, 0.1) is 18.1 Å². The van der Waals surface area contributed by atoms with E-state index in [0.717, 1.165) is 22.4 Å². The van der Waals surface area contributed by atoms with Crippen LogP contribution in [0, 0.1) is 0 Å². The molecule has 3 heterocycles. The van der Waals surface area contributed by atoms with E-state index in [1.54, 1.807) is 19.4 Å². The third kappa shape index (κ3) is 2.61. The van der Waals surface area contributed by atoms with Crippen LogP contribution in [0.1, 0.15) is 30.5 Å². The van der Waals surface area contributed by atoms with Gasteiger partial charge in [-0.15, -0.1) is 0 Å². The summed E-state index contributed by atoms with van der Waals surface area (Å²) < 4.78 is 12.8. The van der Waals surface area contributed by atoms with Gasteiger partial charge in [-0.3, -0.25) is 0 Å². The standard InChI is InChI=1S/C19H17N5O2/c1-25-16-9-8-13(10-20-16)18-22-17(26-23-18)11-24-15-5-3-2-4-14(15)21-19(24)12-6-7-12/h2-5,8-10,12H,6-7,11H2,1H3. The van der Waals surface area contributed by atoms with E-state index in [0.29, 0.717) is 30.1 Å². The highest BCUT2D eigenvalue weighted by Crippen LogP contribution is 2.40. The summed E-state index contributed by atoms with van der Waals surface area (Å²) in [6, 6.07) is 11.8. The fraction of sp³-hybridized carbons (Fsp3) is 0.263. The summed E-state index contributed by atoms with van der Waals surface area (Å²) in [6.45, 7) is 0.517. The largest absolute Gasteiger partial charge is 0.481 e. The van der Waals surface area contributed by atoms with Gasteiger partial charge in [0.1, 0.15) is 12.4 Å². The predicted molar refractivity (Wildman–Crippen MR) is 94.9 cm³/mol. The lowest BCUT2D eigenvalue weighted by Gasteiger charge is -2.05. The summed E-state index contributed by atoms with van der Waals surface area (Å²) in [6.07, 6.45) is 4.06. The van der Waals surface area contributed by atoms with E-state index in [4.69, 9.17) is 14.2 Å². The van der Waals surface area contributed by atoms with Crippen molar-refractivity contribution < 1.29 is 9.26 Å². The zero-order valence-corrected chi connectivity index (χ0v) is 14.3. The highest BCUT2D eigenvalue weighted by Gasteiger charge is 2.30. The number of fused-ring (bicyclic) bond motifs is 1. The van der Waals surface area contributed by atoms with Crippen LogP contribution in [-0.4, -0.2) is 31.8 Å². The molecular formula is C19H17N5O2. The Morgan fingerprint density at radius 3 is 2.81 bits per heavy atom. The molecule has 4 aromatic rings. The van der Waals surface area contributed by atoms with Crippen LogP contribution >= 0.6 is 0 Å². The zero-order chi connectivity index (χ0) is 17.5. The Morgan fingerprint density at radius 1 is 1.15 bits per heavy atom. The van der Waals surface area contributed by atoms with Crippen LogP contribution in [0.3, 0.4) is 0 Å². The monoisotopic (exact) mass is 347 g/mol. The highest BCUT2D eigenvalue weighted by molar-refractivity contribution is 5.76. The van der Waals surface area contributed by atoms with Gasteiger partial charge in [0, 0.05) is 23.7 Å². The number of aromatic nitrogens is 5. The van der Waals surface area contributed by atoms with Crippen molar-refractivity contribution in [3.05, 3.63) is 54.3 Å². The lowest BCUT2D eigenvalue weighted by Crippen LogP contribution is -2.04. The first-order chi connectivity index (χ1) is 12.8. The Balaban J connectivity index is 1.48. The van der Waals surface area contributed by atoms with Gasteiger partial charge in [-0.2, -0.15) is 4.98 Å². The summed E-state index contributed by atoms with van der Waals surface area (Å²) >= 11 is 0. The van der Waals surface area contributed by atoms with Crippen molar-refractivity contribution in [3.8, 4) is 17.3 Å². The molecule has 0 N–H and O–H groups in total. The van der Waals surface area contributed by atoms with Gasteiger partial charge in [-0.25, -0.2) is 9.97 Å². The molecule has 3 aromatic heterocycles. The second kappa shape index (κ2) is 5.94. The third-order valence-corrected chi connectivity index (χ3v) is 4.59. The van der Waals surface area contributed by atoms with Crippen molar-refractivity contribution in [1.29, 1.82) is 0 Å². The summed E-state index contributed by atoms with van der Waals surface area (Å²) in [7, 11) is 1.58. The Morgan fingerprint density at radius 2 is 2.04 bits per heavy atom. The maximum atomic E-state index is 5.48. The normalized spacial score (nSPS) is 14.0. The number of ether oxygens (including phenoxy) is 1. The van der Waals surface area contributed by atoms with Crippen LogP contribution < -0.4 is 4.74 Å². The molecule has 0 amide bonds. The minimum atomic E-state index is 0.517. The number of methoxy groups -OCH3 is 1. The van der Waals surface area contributed by atoms with Gasteiger partial charge < -0.3 is 13.8 Å². The number of hydrogen-bond acceptors (Lipinski definition) is 6. The number of benzene rings is 1. The Bertz CT molecular complexity index is 1060. The molecule has 1 fully saturated rings. The predicted octanol–water partition coefficient (Wildman–Crippen LogP) is 3.42. The summed E-state index contributed by atoms with van der Waals surface area (Å²) in [5, 5.41) is 4.09. The van der Waals surface area contributed by atoms with Crippen molar-refractivity contribution >= 4 is 11.0 Å². The number of para-hydroxylation sites is 2. The number of rotatable bonds is 5. The molecule has 7 nitrogen and oxygen atoms in total.